The number of amides is 1. The lowest BCUT2D eigenvalue weighted by Gasteiger charge is -2.35. The van der Waals surface area contributed by atoms with Crippen molar-refractivity contribution < 1.29 is 9.53 Å². The summed E-state index contributed by atoms with van der Waals surface area (Å²) in [5.41, 5.74) is 1.53. The highest BCUT2D eigenvalue weighted by molar-refractivity contribution is 5.96. The molecule has 104 valence electrons. The van der Waals surface area contributed by atoms with Crippen LogP contribution in [0.3, 0.4) is 0 Å². The summed E-state index contributed by atoms with van der Waals surface area (Å²) < 4.78 is 5.53. The molecule has 2 aliphatic heterocycles. The minimum Gasteiger partial charge on any atom is -0.377 e. The lowest BCUT2D eigenvalue weighted by atomic mass is 9.89. The number of carbonyl (C=O) groups excluding carboxylic acids is 1. The van der Waals surface area contributed by atoms with E-state index in [-0.39, 0.29) is 23.4 Å². The molecule has 19 heavy (non-hydrogen) atoms. The van der Waals surface area contributed by atoms with Gasteiger partial charge in [-0.25, -0.2) is 0 Å². The summed E-state index contributed by atoms with van der Waals surface area (Å²) in [7, 11) is 0. The largest absolute Gasteiger partial charge is 0.377 e. The third-order valence-electron chi connectivity index (χ3n) is 4.09. The van der Waals surface area contributed by atoms with Crippen molar-refractivity contribution in [3.05, 3.63) is 17.5 Å². The molecule has 2 aliphatic rings. The van der Waals surface area contributed by atoms with E-state index in [0.29, 0.717) is 18.8 Å². The maximum atomic E-state index is 12.8. The summed E-state index contributed by atoms with van der Waals surface area (Å²) in [6.07, 6.45) is 3.77. The van der Waals surface area contributed by atoms with Crippen molar-refractivity contribution in [3.8, 4) is 0 Å². The van der Waals surface area contributed by atoms with Crippen molar-refractivity contribution in [2.75, 3.05) is 13.2 Å². The maximum absolute atomic E-state index is 12.8. The number of morpholine rings is 1. The fraction of sp³-hybridized carbons (Fsp3) is 0.714. The van der Waals surface area contributed by atoms with Crippen LogP contribution in [0.1, 0.15) is 49.7 Å². The number of carbonyl (C=O) groups is 1. The van der Waals surface area contributed by atoms with E-state index >= 15 is 0 Å². The Kier molecular flexibility index (Phi) is 2.89. The molecule has 1 amide bonds. The van der Waals surface area contributed by atoms with E-state index in [1.807, 2.05) is 4.90 Å². The molecule has 5 nitrogen and oxygen atoms in total. The van der Waals surface area contributed by atoms with Crippen LogP contribution in [0.25, 0.3) is 0 Å². The second-order valence-corrected chi connectivity index (χ2v) is 6.54. The molecule has 2 unspecified atom stereocenters. The summed E-state index contributed by atoms with van der Waals surface area (Å²) >= 11 is 0. The van der Waals surface area contributed by atoms with Gasteiger partial charge in [-0.05, 0) is 12.8 Å². The molecule has 1 N–H and O–H groups in total. The molecular formula is C14H21N3O2. The number of H-pyrrole nitrogens is 1. The van der Waals surface area contributed by atoms with E-state index in [1.165, 1.54) is 0 Å². The van der Waals surface area contributed by atoms with Gasteiger partial charge in [0.1, 0.15) is 0 Å². The first-order chi connectivity index (χ1) is 8.98. The zero-order chi connectivity index (χ0) is 13.6. The highest BCUT2D eigenvalue weighted by Crippen LogP contribution is 2.32. The molecule has 3 heterocycles. The Morgan fingerprint density at radius 3 is 2.58 bits per heavy atom. The predicted molar refractivity (Wildman–Crippen MR) is 71.1 cm³/mol. The summed E-state index contributed by atoms with van der Waals surface area (Å²) in [5.74, 6) is 0.106. The fourth-order valence-corrected chi connectivity index (χ4v) is 3.12. The number of hydrogen-bond acceptors (Lipinski definition) is 3. The van der Waals surface area contributed by atoms with Gasteiger partial charge in [-0.2, -0.15) is 5.10 Å². The Bertz CT molecular complexity index is 473. The minimum atomic E-state index is -0.104. The van der Waals surface area contributed by atoms with E-state index < -0.39 is 0 Å². The molecule has 2 fully saturated rings. The SMILES string of the molecule is CC(C)(C)c1[nH]ncc1C(=O)N1C2CCC1COC2. The molecule has 3 rings (SSSR count). The summed E-state index contributed by atoms with van der Waals surface area (Å²) in [6, 6.07) is 0.489. The average molecular weight is 263 g/mol. The number of rotatable bonds is 1. The molecule has 2 saturated heterocycles. The van der Waals surface area contributed by atoms with Crippen LogP contribution in [-0.2, 0) is 10.2 Å². The fourth-order valence-electron chi connectivity index (χ4n) is 3.12. The summed E-state index contributed by atoms with van der Waals surface area (Å²) in [6.45, 7) is 7.61. The molecule has 2 atom stereocenters. The van der Waals surface area contributed by atoms with Crippen LogP contribution in [0.5, 0.6) is 0 Å². The number of aromatic nitrogens is 2. The van der Waals surface area contributed by atoms with Crippen LogP contribution in [0.15, 0.2) is 6.20 Å². The van der Waals surface area contributed by atoms with Crippen LogP contribution in [0, 0.1) is 0 Å². The second kappa shape index (κ2) is 4.34. The molecule has 0 radical (unpaired) electrons. The van der Waals surface area contributed by atoms with Crippen LogP contribution >= 0.6 is 0 Å². The maximum Gasteiger partial charge on any atom is 0.258 e. The van der Waals surface area contributed by atoms with Gasteiger partial charge in [0.25, 0.3) is 5.91 Å². The van der Waals surface area contributed by atoms with Crippen molar-refractivity contribution in [3.63, 3.8) is 0 Å². The molecule has 0 aliphatic carbocycles. The molecule has 5 heteroatoms. The molecule has 1 aromatic rings. The van der Waals surface area contributed by atoms with Gasteiger partial charge in [-0.15, -0.1) is 0 Å². The second-order valence-electron chi connectivity index (χ2n) is 6.54. The van der Waals surface area contributed by atoms with Gasteiger partial charge in [-0.1, -0.05) is 20.8 Å². The normalized spacial score (nSPS) is 26.8. The summed E-state index contributed by atoms with van der Waals surface area (Å²) in [5, 5.41) is 7.06. The van der Waals surface area contributed by atoms with Crippen molar-refractivity contribution in [2.45, 2.75) is 51.1 Å². The Morgan fingerprint density at radius 1 is 1.37 bits per heavy atom. The number of nitrogens with zero attached hydrogens (tertiary/aromatic N) is 2. The number of hydrogen-bond donors (Lipinski definition) is 1. The smallest absolute Gasteiger partial charge is 0.258 e. The molecule has 0 aromatic carbocycles. The van der Waals surface area contributed by atoms with Gasteiger partial charge >= 0.3 is 0 Å². The van der Waals surface area contributed by atoms with Crippen molar-refractivity contribution in [2.24, 2.45) is 0 Å². The number of fused-ring (bicyclic) bond motifs is 2. The number of aromatic amines is 1. The van der Waals surface area contributed by atoms with E-state index in [9.17, 15) is 4.79 Å². The van der Waals surface area contributed by atoms with E-state index in [1.54, 1.807) is 6.20 Å². The van der Waals surface area contributed by atoms with Crippen molar-refractivity contribution in [1.82, 2.24) is 15.1 Å². The number of ether oxygens (including phenoxy) is 1. The molecule has 0 saturated carbocycles. The van der Waals surface area contributed by atoms with E-state index in [4.69, 9.17) is 4.74 Å². The molecule has 1 aromatic heterocycles. The first kappa shape index (κ1) is 12.7. The Labute approximate surface area is 113 Å². The zero-order valence-electron chi connectivity index (χ0n) is 11.8. The summed E-state index contributed by atoms with van der Waals surface area (Å²) in [4.78, 5) is 14.8. The first-order valence-corrected chi connectivity index (χ1v) is 6.92. The Hall–Kier alpha value is -1.36. The third kappa shape index (κ3) is 2.06. The van der Waals surface area contributed by atoms with Gasteiger partial charge in [0, 0.05) is 5.41 Å². The standard InChI is InChI=1S/C14H21N3O2/c1-14(2,3)12-11(6-15-16-12)13(18)17-9-4-5-10(17)8-19-7-9/h6,9-10H,4-5,7-8H2,1-3H3,(H,15,16). The zero-order valence-corrected chi connectivity index (χ0v) is 11.8. The predicted octanol–water partition coefficient (Wildman–Crippen LogP) is 1.71. The monoisotopic (exact) mass is 263 g/mol. The van der Waals surface area contributed by atoms with Crippen LogP contribution < -0.4 is 0 Å². The number of nitrogens with one attached hydrogen (secondary N) is 1. The highest BCUT2D eigenvalue weighted by atomic mass is 16.5. The lowest BCUT2D eigenvalue weighted by Crippen LogP contribution is -2.49. The van der Waals surface area contributed by atoms with Crippen LogP contribution in [-0.4, -0.2) is 46.3 Å². The highest BCUT2D eigenvalue weighted by Gasteiger charge is 2.42. The topological polar surface area (TPSA) is 58.2 Å². The van der Waals surface area contributed by atoms with Crippen molar-refractivity contribution >= 4 is 5.91 Å². The van der Waals surface area contributed by atoms with Gasteiger partial charge in [0.05, 0.1) is 42.8 Å². The lowest BCUT2D eigenvalue weighted by molar-refractivity contribution is -0.00726. The quantitative estimate of drug-likeness (QED) is 0.839. The average Bonchev–Trinajstić information content (AvgIpc) is 2.91. The third-order valence-corrected chi connectivity index (χ3v) is 4.09. The molecular weight excluding hydrogens is 242 g/mol. The Morgan fingerprint density at radius 2 is 2.00 bits per heavy atom. The molecule has 2 bridgehead atoms. The minimum absolute atomic E-state index is 0.104. The van der Waals surface area contributed by atoms with Crippen LogP contribution in [0.4, 0.5) is 0 Å². The van der Waals surface area contributed by atoms with E-state index in [2.05, 4.69) is 31.0 Å². The van der Waals surface area contributed by atoms with Crippen molar-refractivity contribution in [1.29, 1.82) is 0 Å². The first-order valence-electron chi connectivity index (χ1n) is 6.92. The van der Waals surface area contributed by atoms with Gasteiger partial charge in [-0.3, -0.25) is 9.89 Å². The Balaban J connectivity index is 1.91. The van der Waals surface area contributed by atoms with Gasteiger partial charge < -0.3 is 9.64 Å². The van der Waals surface area contributed by atoms with Crippen LogP contribution in [0.2, 0.25) is 0 Å². The molecule has 0 spiro atoms. The van der Waals surface area contributed by atoms with Gasteiger partial charge in [0.15, 0.2) is 0 Å². The van der Waals surface area contributed by atoms with Gasteiger partial charge in [0.2, 0.25) is 0 Å². The van der Waals surface area contributed by atoms with E-state index in [0.717, 1.165) is 18.5 Å².